The Labute approximate surface area is 135 Å². The zero-order chi connectivity index (χ0) is 15.8. The standard InChI is InChI=1S/C12H15BrN4O3S/c1-2-19-9-4-7(5-16-17-12(15)21)3-8(13)11(9)20-6-10(14)18/h3-5H,2,6H2,1H3,(H2,14,18)(H3,15,17,21)/b16-5+. The van der Waals surface area contributed by atoms with Gasteiger partial charge in [-0.25, -0.2) is 0 Å². The zero-order valence-electron chi connectivity index (χ0n) is 11.3. The molecule has 0 atom stereocenters. The van der Waals surface area contributed by atoms with Crippen molar-refractivity contribution in [1.29, 1.82) is 0 Å². The maximum atomic E-state index is 10.8. The minimum atomic E-state index is -0.573. The van der Waals surface area contributed by atoms with E-state index in [0.717, 1.165) is 5.56 Å². The van der Waals surface area contributed by atoms with Gasteiger partial charge in [-0.15, -0.1) is 0 Å². The van der Waals surface area contributed by atoms with Crippen molar-refractivity contribution in [1.82, 2.24) is 5.43 Å². The first kappa shape index (κ1) is 17.2. The van der Waals surface area contributed by atoms with Crippen molar-refractivity contribution in [3.05, 3.63) is 22.2 Å². The van der Waals surface area contributed by atoms with E-state index in [-0.39, 0.29) is 11.7 Å². The molecule has 0 aromatic heterocycles. The first-order chi connectivity index (χ1) is 9.93. The van der Waals surface area contributed by atoms with Gasteiger partial charge < -0.3 is 20.9 Å². The van der Waals surface area contributed by atoms with Crippen molar-refractivity contribution >= 4 is 45.4 Å². The highest BCUT2D eigenvalue weighted by Gasteiger charge is 2.12. The molecule has 5 N–H and O–H groups in total. The Kier molecular flexibility index (Phi) is 6.89. The van der Waals surface area contributed by atoms with Crippen LogP contribution in [0, 0.1) is 0 Å². The van der Waals surface area contributed by atoms with Crippen molar-refractivity contribution in [2.45, 2.75) is 6.92 Å². The third-order valence-electron chi connectivity index (χ3n) is 2.08. The van der Waals surface area contributed by atoms with Crippen LogP contribution in [0.25, 0.3) is 0 Å². The van der Waals surface area contributed by atoms with E-state index in [1.807, 2.05) is 6.92 Å². The summed E-state index contributed by atoms with van der Waals surface area (Å²) in [5.74, 6) is 0.288. The zero-order valence-corrected chi connectivity index (χ0v) is 13.7. The van der Waals surface area contributed by atoms with Crippen LogP contribution in [0.15, 0.2) is 21.7 Å². The molecule has 0 aliphatic heterocycles. The van der Waals surface area contributed by atoms with E-state index in [0.29, 0.717) is 22.6 Å². The van der Waals surface area contributed by atoms with Gasteiger partial charge in [0.25, 0.3) is 5.91 Å². The van der Waals surface area contributed by atoms with Crippen molar-refractivity contribution in [3.63, 3.8) is 0 Å². The number of hydrogen-bond donors (Lipinski definition) is 3. The Morgan fingerprint density at radius 1 is 1.48 bits per heavy atom. The topological polar surface area (TPSA) is 112 Å². The molecule has 21 heavy (non-hydrogen) atoms. The highest BCUT2D eigenvalue weighted by molar-refractivity contribution is 9.10. The van der Waals surface area contributed by atoms with Crippen LogP contribution in [0.3, 0.4) is 0 Å². The van der Waals surface area contributed by atoms with Crippen LogP contribution in [0.1, 0.15) is 12.5 Å². The average molecular weight is 375 g/mol. The summed E-state index contributed by atoms with van der Waals surface area (Å²) in [5, 5.41) is 3.92. The molecule has 0 spiro atoms. The molecule has 0 aliphatic carbocycles. The smallest absolute Gasteiger partial charge is 0.255 e. The molecule has 0 heterocycles. The van der Waals surface area contributed by atoms with E-state index in [1.54, 1.807) is 12.1 Å². The molecule has 0 bridgehead atoms. The number of rotatable bonds is 7. The predicted molar refractivity (Wildman–Crippen MR) is 87.5 cm³/mol. The third kappa shape index (κ3) is 5.96. The molecular weight excluding hydrogens is 360 g/mol. The predicted octanol–water partition coefficient (Wildman–Crippen LogP) is 0.879. The van der Waals surface area contributed by atoms with Gasteiger partial charge in [0.05, 0.1) is 17.3 Å². The summed E-state index contributed by atoms with van der Waals surface area (Å²) in [6.07, 6.45) is 1.52. The van der Waals surface area contributed by atoms with Gasteiger partial charge in [-0.05, 0) is 52.8 Å². The number of hydrogen-bond acceptors (Lipinski definition) is 5. The molecule has 1 rings (SSSR count). The number of nitrogens with zero attached hydrogens (tertiary/aromatic N) is 1. The van der Waals surface area contributed by atoms with Crippen LogP contribution in [0.5, 0.6) is 11.5 Å². The fraction of sp³-hybridized carbons (Fsp3) is 0.250. The SMILES string of the molecule is CCOc1cc(/C=N/NC(N)=S)cc(Br)c1OCC(N)=O. The van der Waals surface area contributed by atoms with Crippen LogP contribution < -0.4 is 26.4 Å². The van der Waals surface area contributed by atoms with Crippen LogP contribution in [0.2, 0.25) is 0 Å². The fourth-order valence-electron chi connectivity index (χ4n) is 1.38. The van der Waals surface area contributed by atoms with Gasteiger partial charge in [-0.1, -0.05) is 0 Å². The number of ether oxygens (including phenoxy) is 2. The lowest BCUT2D eigenvalue weighted by atomic mass is 10.2. The Balaban J connectivity index is 3.02. The lowest BCUT2D eigenvalue weighted by Crippen LogP contribution is -2.24. The molecular formula is C12H15BrN4O3S. The molecule has 1 aromatic carbocycles. The highest BCUT2D eigenvalue weighted by atomic mass is 79.9. The van der Waals surface area contributed by atoms with Gasteiger partial charge in [0.1, 0.15) is 0 Å². The van der Waals surface area contributed by atoms with E-state index in [4.69, 9.17) is 20.9 Å². The molecule has 0 saturated heterocycles. The first-order valence-electron chi connectivity index (χ1n) is 5.90. The number of benzene rings is 1. The average Bonchev–Trinajstić information content (AvgIpc) is 2.37. The Bertz CT molecular complexity index is 566. The van der Waals surface area contributed by atoms with E-state index >= 15 is 0 Å². The lowest BCUT2D eigenvalue weighted by molar-refractivity contribution is -0.119. The summed E-state index contributed by atoms with van der Waals surface area (Å²) in [4.78, 5) is 10.8. The minimum absolute atomic E-state index is 0.0664. The quantitative estimate of drug-likeness (QED) is 0.371. The van der Waals surface area contributed by atoms with E-state index in [1.165, 1.54) is 6.21 Å². The summed E-state index contributed by atoms with van der Waals surface area (Å²) < 4.78 is 11.4. The first-order valence-corrected chi connectivity index (χ1v) is 7.10. The van der Waals surface area contributed by atoms with Gasteiger partial charge in [-0.3, -0.25) is 10.2 Å². The van der Waals surface area contributed by atoms with Crippen molar-refractivity contribution < 1.29 is 14.3 Å². The molecule has 0 aliphatic rings. The molecule has 1 amide bonds. The maximum absolute atomic E-state index is 10.8. The van der Waals surface area contributed by atoms with Crippen LogP contribution in [-0.2, 0) is 4.79 Å². The molecule has 9 heteroatoms. The second-order valence-corrected chi connectivity index (χ2v) is 5.05. The van der Waals surface area contributed by atoms with Crippen LogP contribution in [0.4, 0.5) is 0 Å². The van der Waals surface area contributed by atoms with Gasteiger partial charge in [0, 0.05) is 0 Å². The summed E-state index contributed by atoms with van der Waals surface area (Å²) in [7, 11) is 0. The Hall–Kier alpha value is -1.87. The largest absolute Gasteiger partial charge is 0.490 e. The second-order valence-electron chi connectivity index (χ2n) is 3.75. The molecule has 0 unspecified atom stereocenters. The minimum Gasteiger partial charge on any atom is -0.490 e. The van der Waals surface area contributed by atoms with E-state index in [2.05, 4.69) is 38.7 Å². The number of carbonyl (C=O) groups is 1. The van der Waals surface area contributed by atoms with Crippen molar-refractivity contribution in [3.8, 4) is 11.5 Å². The van der Waals surface area contributed by atoms with Crippen molar-refractivity contribution in [2.75, 3.05) is 13.2 Å². The number of primary amides is 1. The van der Waals surface area contributed by atoms with Gasteiger partial charge in [-0.2, -0.15) is 5.10 Å². The van der Waals surface area contributed by atoms with E-state index < -0.39 is 5.91 Å². The molecule has 0 radical (unpaired) electrons. The van der Waals surface area contributed by atoms with Gasteiger partial charge in [0.15, 0.2) is 23.2 Å². The third-order valence-corrected chi connectivity index (χ3v) is 2.76. The van der Waals surface area contributed by atoms with Gasteiger partial charge >= 0.3 is 0 Å². The molecule has 114 valence electrons. The second kappa shape index (κ2) is 8.42. The summed E-state index contributed by atoms with van der Waals surface area (Å²) in [6.45, 7) is 2.03. The lowest BCUT2D eigenvalue weighted by Gasteiger charge is -2.13. The van der Waals surface area contributed by atoms with Crippen LogP contribution in [-0.4, -0.2) is 30.4 Å². The number of nitrogens with one attached hydrogen (secondary N) is 1. The highest BCUT2D eigenvalue weighted by Crippen LogP contribution is 2.36. The number of carbonyl (C=O) groups excluding carboxylic acids is 1. The van der Waals surface area contributed by atoms with E-state index in [9.17, 15) is 4.79 Å². The number of hydrazone groups is 1. The maximum Gasteiger partial charge on any atom is 0.255 e. The number of thiocarbonyl (C=S) groups is 1. The van der Waals surface area contributed by atoms with Crippen molar-refractivity contribution in [2.24, 2.45) is 16.6 Å². The Morgan fingerprint density at radius 3 is 2.76 bits per heavy atom. The molecule has 0 fully saturated rings. The Morgan fingerprint density at radius 2 is 2.19 bits per heavy atom. The van der Waals surface area contributed by atoms with Gasteiger partial charge in [0.2, 0.25) is 0 Å². The molecule has 1 aromatic rings. The number of halogens is 1. The summed E-state index contributed by atoms with van der Waals surface area (Å²) in [5.41, 5.74) is 13.5. The number of amides is 1. The number of nitrogens with two attached hydrogens (primary N) is 2. The molecule has 7 nitrogen and oxygen atoms in total. The molecule has 0 saturated carbocycles. The summed E-state index contributed by atoms with van der Waals surface area (Å²) in [6, 6.07) is 3.44. The monoisotopic (exact) mass is 374 g/mol. The fourth-order valence-corrected chi connectivity index (χ4v) is 2.01. The normalized spacial score (nSPS) is 10.4. The summed E-state index contributed by atoms with van der Waals surface area (Å²) >= 11 is 7.99. The van der Waals surface area contributed by atoms with Crippen LogP contribution >= 0.6 is 28.1 Å².